The van der Waals surface area contributed by atoms with E-state index in [0.29, 0.717) is 24.1 Å². The van der Waals surface area contributed by atoms with E-state index < -0.39 is 46.7 Å². The Morgan fingerprint density at radius 2 is 2.13 bits per heavy atom. The number of nitrogens with two attached hydrogens (primary N) is 1. The number of fused-ring (bicyclic) bond motifs is 1. The summed E-state index contributed by atoms with van der Waals surface area (Å²) in [5.74, 6) is -0.668. The Labute approximate surface area is 170 Å². The number of hydrogen-bond acceptors (Lipinski definition) is 6. The minimum atomic E-state index is -4.95. The number of benzene rings is 1. The molecule has 2 unspecified atom stereocenters. The molecule has 0 saturated carbocycles. The van der Waals surface area contributed by atoms with Crippen LogP contribution in [0.4, 0.5) is 27.6 Å². The van der Waals surface area contributed by atoms with Gasteiger partial charge in [-0.1, -0.05) is 11.2 Å². The fourth-order valence-corrected chi connectivity index (χ4v) is 4.21. The number of alkyl halides is 5. The summed E-state index contributed by atoms with van der Waals surface area (Å²) in [6, 6.07) is 2.09. The van der Waals surface area contributed by atoms with Gasteiger partial charge in [-0.15, -0.1) is 0 Å². The first-order valence-electron chi connectivity index (χ1n) is 8.67. The molecule has 1 aliphatic heterocycles. The van der Waals surface area contributed by atoms with Crippen molar-refractivity contribution in [3.05, 3.63) is 29.5 Å². The molecule has 30 heavy (non-hydrogen) atoms. The van der Waals surface area contributed by atoms with Crippen LogP contribution in [0.1, 0.15) is 16.1 Å². The highest BCUT2D eigenvalue weighted by Crippen LogP contribution is 2.39. The molecule has 2 atom stereocenters. The molecular formula is C17H17F5N4O3S. The second-order valence-corrected chi connectivity index (χ2v) is 8.13. The second kappa shape index (κ2) is 8.78. The molecule has 0 radical (unpaired) electrons. The van der Waals surface area contributed by atoms with Crippen LogP contribution in [0.3, 0.4) is 0 Å². The van der Waals surface area contributed by atoms with Crippen LogP contribution in [0.15, 0.2) is 18.2 Å². The third-order valence-electron chi connectivity index (χ3n) is 4.34. The zero-order valence-corrected chi connectivity index (χ0v) is 16.1. The normalized spacial score (nSPS) is 19.8. The predicted octanol–water partition coefficient (Wildman–Crippen LogP) is 1.89. The number of carbonyl (C=O) groups excluding carboxylic acids is 1. The number of hydrogen-bond donors (Lipinski definition) is 3. The van der Waals surface area contributed by atoms with Gasteiger partial charge in [0.15, 0.2) is 0 Å². The number of aromatic nitrogens is 1. The third kappa shape index (κ3) is 5.21. The molecule has 0 aliphatic carbocycles. The maximum Gasteiger partial charge on any atom is 0.418 e. The van der Waals surface area contributed by atoms with Gasteiger partial charge in [-0.25, -0.2) is 4.98 Å². The fraction of sp³-hybridized carbons (Fsp3) is 0.412. The number of nitrogens with zero attached hydrogens (tertiary/aromatic N) is 1. The molecule has 1 fully saturated rings. The van der Waals surface area contributed by atoms with Gasteiger partial charge in [0.25, 0.3) is 5.91 Å². The topological polar surface area (TPSA) is 112 Å². The summed E-state index contributed by atoms with van der Waals surface area (Å²) in [5.41, 5.74) is 3.13. The van der Waals surface area contributed by atoms with Gasteiger partial charge in [-0.3, -0.25) is 4.79 Å². The van der Waals surface area contributed by atoms with E-state index in [9.17, 15) is 31.3 Å². The zero-order chi connectivity index (χ0) is 22.1. The Morgan fingerprint density at radius 1 is 1.40 bits per heavy atom. The van der Waals surface area contributed by atoms with E-state index >= 15 is 0 Å². The van der Waals surface area contributed by atoms with Gasteiger partial charge in [-0.2, -0.15) is 22.0 Å². The Hall–Kier alpha value is -2.38. The lowest BCUT2D eigenvalue weighted by Gasteiger charge is -2.25. The van der Waals surface area contributed by atoms with E-state index in [-0.39, 0.29) is 29.4 Å². The molecule has 2 aromatic rings. The van der Waals surface area contributed by atoms with Crippen LogP contribution in [0.2, 0.25) is 0 Å². The average molecular weight is 452 g/mol. The first-order valence-corrected chi connectivity index (χ1v) is 10.2. The van der Waals surface area contributed by atoms with Gasteiger partial charge in [0.2, 0.25) is 0 Å². The number of amides is 1. The molecule has 1 aliphatic rings. The molecule has 1 aromatic carbocycles. The van der Waals surface area contributed by atoms with Crippen LogP contribution in [0.5, 0.6) is 5.75 Å². The van der Waals surface area contributed by atoms with Crippen LogP contribution >= 0.6 is 0 Å². The number of pyridine rings is 1. The average Bonchev–Trinajstić information content (AvgIpc) is 2.64. The van der Waals surface area contributed by atoms with Crippen molar-refractivity contribution in [1.29, 1.82) is 0 Å². The highest BCUT2D eigenvalue weighted by Gasteiger charge is 2.35. The molecular weight excluding hydrogens is 435 g/mol. The highest BCUT2D eigenvalue weighted by atomic mass is 32.2. The van der Waals surface area contributed by atoms with Gasteiger partial charge in [0.05, 0.1) is 17.1 Å². The number of ether oxygens (including phenoxy) is 1. The molecule has 164 valence electrons. The van der Waals surface area contributed by atoms with Crippen LogP contribution in [0.25, 0.3) is 10.9 Å². The maximum absolute atomic E-state index is 13.5. The summed E-state index contributed by atoms with van der Waals surface area (Å²) in [5, 5.41) is 5.31. The van der Waals surface area contributed by atoms with Gasteiger partial charge in [0.1, 0.15) is 22.9 Å². The van der Waals surface area contributed by atoms with Crippen molar-refractivity contribution in [2.24, 2.45) is 0 Å². The molecule has 4 N–H and O–H groups in total. The van der Waals surface area contributed by atoms with Crippen LogP contribution in [-0.4, -0.2) is 52.7 Å². The number of nitrogens with one attached hydrogen (secondary N) is 2. The number of halogens is 5. The zero-order valence-electron chi connectivity index (χ0n) is 15.3. The van der Waals surface area contributed by atoms with E-state index in [2.05, 4.69) is 20.4 Å². The van der Waals surface area contributed by atoms with Gasteiger partial charge >= 0.3 is 12.8 Å². The lowest BCUT2D eigenvalue weighted by molar-refractivity contribution is -0.136. The van der Waals surface area contributed by atoms with Crippen LogP contribution in [0, 0.1) is 0 Å². The Kier molecular flexibility index (Phi) is 6.53. The molecule has 7 nitrogen and oxygen atoms in total. The molecule has 1 saturated heterocycles. The highest BCUT2D eigenvalue weighted by molar-refractivity contribution is 7.91. The molecule has 13 heteroatoms. The van der Waals surface area contributed by atoms with Crippen molar-refractivity contribution >= 4 is 33.7 Å². The first-order chi connectivity index (χ1) is 14.0. The largest absolute Gasteiger partial charge is 0.616 e. The summed E-state index contributed by atoms with van der Waals surface area (Å²) in [6.07, 6.45) is -4.95. The summed E-state index contributed by atoms with van der Waals surface area (Å²) in [4.78, 5) is 16.2. The van der Waals surface area contributed by atoms with Crippen molar-refractivity contribution in [2.45, 2.75) is 18.8 Å². The van der Waals surface area contributed by atoms with E-state index in [1.54, 1.807) is 0 Å². The smallest absolute Gasteiger partial charge is 0.418 e. The minimum absolute atomic E-state index is 0.0947. The Balaban J connectivity index is 1.92. The van der Waals surface area contributed by atoms with Gasteiger partial charge in [0, 0.05) is 24.2 Å². The predicted molar refractivity (Wildman–Crippen MR) is 99.8 cm³/mol. The van der Waals surface area contributed by atoms with Crippen molar-refractivity contribution in [2.75, 3.05) is 30.3 Å². The summed E-state index contributed by atoms with van der Waals surface area (Å²) in [6.45, 7) is -2.71. The van der Waals surface area contributed by atoms with E-state index in [1.165, 1.54) is 0 Å². The first kappa shape index (κ1) is 22.3. The minimum Gasteiger partial charge on any atom is -0.616 e. The van der Waals surface area contributed by atoms with Gasteiger partial charge < -0.3 is 25.7 Å². The van der Waals surface area contributed by atoms with Crippen molar-refractivity contribution < 1.29 is 36.0 Å². The number of carbonyl (C=O) groups is 1. The van der Waals surface area contributed by atoms with Crippen molar-refractivity contribution in [3.8, 4) is 5.75 Å². The molecule has 0 bridgehead atoms. The fourth-order valence-electron chi connectivity index (χ4n) is 3.01. The SMILES string of the molecule is Nc1cc(C(=O)NCC2C[S+]([O-])CCN2)nc2c(C(F)(F)F)cc(OC(F)F)cc12. The summed E-state index contributed by atoms with van der Waals surface area (Å²) < 4.78 is 81.0. The monoisotopic (exact) mass is 452 g/mol. The lowest BCUT2D eigenvalue weighted by Crippen LogP contribution is -2.50. The number of anilines is 1. The second-order valence-electron chi connectivity index (χ2n) is 6.51. The summed E-state index contributed by atoms with van der Waals surface area (Å²) in [7, 11) is 0. The van der Waals surface area contributed by atoms with E-state index in [1.807, 2.05) is 0 Å². The van der Waals surface area contributed by atoms with Gasteiger partial charge in [-0.05, 0) is 18.2 Å². The molecule has 1 amide bonds. The molecule has 2 heterocycles. The van der Waals surface area contributed by atoms with Crippen LogP contribution < -0.4 is 21.1 Å². The third-order valence-corrected chi connectivity index (χ3v) is 5.77. The number of rotatable bonds is 5. The standard InChI is InChI=1S/C17H17F5N4O3S/c18-16(19)29-9-3-10-12(23)5-13(26-14(10)11(4-9)17(20,21)22)15(27)25-6-8-7-30(28)2-1-24-8/h3-5,8,16,24H,1-2,6-7H2,(H2,23,26)(H,25,27). The quantitative estimate of drug-likeness (QED) is 0.472. The molecule has 3 rings (SSSR count). The van der Waals surface area contributed by atoms with Crippen molar-refractivity contribution in [1.82, 2.24) is 15.6 Å². The van der Waals surface area contributed by atoms with E-state index in [4.69, 9.17) is 5.73 Å². The number of nitrogen functional groups attached to an aromatic ring is 1. The van der Waals surface area contributed by atoms with E-state index in [0.717, 1.165) is 12.1 Å². The lowest BCUT2D eigenvalue weighted by atomic mass is 10.1. The molecule has 1 aromatic heterocycles. The molecule has 0 spiro atoms. The summed E-state index contributed by atoms with van der Waals surface area (Å²) >= 11 is -1.01. The maximum atomic E-state index is 13.5. The Morgan fingerprint density at radius 3 is 2.77 bits per heavy atom. The van der Waals surface area contributed by atoms with Crippen LogP contribution in [-0.2, 0) is 17.4 Å². The van der Waals surface area contributed by atoms with Crippen molar-refractivity contribution in [3.63, 3.8) is 0 Å². The Bertz CT molecular complexity index is 944.